The molecule has 2 aromatic carbocycles. The summed E-state index contributed by atoms with van der Waals surface area (Å²) in [4.78, 5) is -0.175. The Bertz CT molecular complexity index is 873. The summed E-state index contributed by atoms with van der Waals surface area (Å²) in [5, 5.41) is 4.98. The summed E-state index contributed by atoms with van der Waals surface area (Å²) in [7, 11) is -7.64. The van der Waals surface area contributed by atoms with Gasteiger partial charge in [0.2, 0.25) is 10.0 Å². The Morgan fingerprint density at radius 3 is 2.00 bits per heavy atom. The van der Waals surface area contributed by atoms with Gasteiger partial charge in [-0.3, -0.25) is 4.72 Å². The lowest BCUT2D eigenvalue weighted by atomic mass is 10.1. The van der Waals surface area contributed by atoms with Crippen LogP contribution >= 0.6 is 0 Å². The lowest BCUT2D eigenvalue weighted by Gasteiger charge is -2.11. The van der Waals surface area contributed by atoms with Crippen LogP contribution in [0.5, 0.6) is 0 Å². The number of aryl methyl sites for hydroxylation is 1. The zero-order valence-electron chi connectivity index (χ0n) is 11.9. The fraction of sp³-hybridized carbons (Fsp3) is 0.143. The maximum absolute atomic E-state index is 12.3. The first-order valence-electron chi connectivity index (χ1n) is 6.47. The maximum atomic E-state index is 12.3. The van der Waals surface area contributed by atoms with E-state index in [4.69, 9.17) is 5.14 Å². The van der Waals surface area contributed by atoms with Crippen LogP contribution in [-0.2, 0) is 26.5 Å². The van der Waals surface area contributed by atoms with Crippen LogP contribution in [0.25, 0.3) is 0 Å². The van der Waals surface area contributed by atoms with Gasteiger partial charge >= 0.3 is 0 Å². The summed E-state index contributed by atoms with van der Waals surface area (Å²) in [6.45, 7) is 1.92. The van der Waals surface area contributed by atoms with E-state index in [1.807, 2.05) is 19.1 Å². The number of nitrogens with one attached hydrogen (secondary N) is 1. The second-order valence-corrected chi connectivity index (χ2v) is 7.88. The molecule has 0 amide bonds. The number of rotatable bonds is 5. The first-order valence-corrected chi connectivity index (χ1v) is 9.50. The van der Waals surface area contributed by atoms with E-state index in [1.54, 1.807) is 12.1 Å². The zero-order valence-corrected chi connectivity index (χ0v) is 13.5. The number of sulfonamides is 2. The molecular formula is C14H16N2O4S2. The Labute approximate surface area is 130 Å². The second kappa shape index (κ2) is 6.07. The predicted octanol–water partition coefficient (Wildman–Crippen LogP) is 1.70. The highest BCUT2D eigenvalue weighted by molar-refractivity contribution is 7.92. The molecule has 0 aromatic heterocycles. The van der Waals surface area contributed by atoms with E-state index in [0.29, 0.717) is 12.1 Å². The number of anilines is 1. The smallest absolute Gasteiger partial charge is 0.261 e. The highest BCUT2D eigenvalue weighted by atomic mass is 32.2. The summed E-state index contributed by atoms with van der Waals surface area (Å²) in [5.74, 6) is 0. The number of hydrogen-bond acceptors (Lipinski definition) is 4. The molecule has 0 fully saturated rings. The van der Waals surface area contributed by atoms with Gasteiger partial charge in [-0.1, -0.05) is 25.1 Å². The van der Waals surface area contributed by atoms with E-state index in [2.05, 4.69) is 4.72 Å². The topological polar surface area (TPSA) is 106 Å². The van der Waals surface area contributed by atoms with Crippen molar-refractivity contribution in [3.8, 4) is 0 Å². The molecule has 0 radical (unpaired) electrons. The summed E-state index contributed by atoms with van der Waals surface area (Å²) in [6, 6.07) is 11.8. The van der Waals surface area contributed by atoms with Crippen LogP contribution < -0.4 is 9.86 Å². The quantitative estimate of drug-likeness (QED) is 0.864. The standard InChI is InChI=1S/C14H16N2O4S2/c1-2-11-5-3-4-6-14(11)16-22(19,20)13-9-7-12(8-10-13)21(15,17)18/h3-10,16H,2H2,1H3,(H2,15,17,18). The van der Waals surface area contributed by atoms with Crippen LogP contribution in [0.4, 0.5) is 5.69 Å². The molecule has 6 nitrogen and oxygen atoms in total. The van der Waals surface area contributed by atoms with Crippen LogP contribution in [0, 0.1) is 0 Å². The van der Waals surface area contributed by atoms with E-state index < -0.39 is 20.0 Å². The van der Waals surface area contributed by atoms with Gasteiger partial charge in [-0.05, 0) is 42.3 Å². The van der Waals surface area contributed by atoms with Gasteiger partial charge in [-0.15, -0.1) is 0 Å². The third-order valence-corrected chi connectivity index (χ3v) is 5.42. The summed E-state index contributed by atoms with van der Waals surface area (Å²) in [5.41, 5.74) is 1.37. The lowest BCUT2D eigenvalue weighted by molar-refractivity contribution is 0.595. The third kappa shape index (κ3) is 3.65. The summed E-state index contributed by atoms with van der Waals surface area (Å²) >= 11 is 0. The molecule has 0 aliphatic carbocycles. The van der Waals surface area contributed by atoms with E-state index in [9.17, 15) is 16.8 Å². The van der Waals surface area contributed by atoms with Crippen molar-refractivity contribution in [2.75, 3.05) is 4.72 Å². The molecule has 3 N–H and O–H groups in total. The van der Waals surface area contributed by atoms with Gasteiger partial charge in [-0.25, -0.2) is 22.0 Å². The van der Waals surface area contributed by atoms with Crippen molar-refractivity contribution >= 4 is 25.7 Å². The minimum atomic E-state index is -3.85. The van der Waals surface area contributed by atoms with Gasteiger partial charge in [0.25, 0.3) is 10.0 Å². The van der Waals surface area contributed by atoms with Crippen LogP contribution in [0.1, 0.15) is 12.5 Å². The minimum Gasteiger partial charge on any atom is -0.279 e. The molecule has 22 heavy (non-hydrogen) atoms. The molecule has 0 unspecified atom stereocenters. The van der Waals surface area contributed by atoms with E-state index in [1.165, 1.54) is 12.1 Å². The fourth-order valence-electron chi connectivity index (χ4n) is 1.94. The molecule has 0 aliphatic heterocycles. The molecule has 0 saturated carbocycles. The van der Waals surface area contributed by atoms with Crippen molar-refractivity contribution < 1.29 is 16.8 Å². The lowest BCUT2D eigenvalue weighted by Crippen LogP contribution is -2.15. The highest BCUT2D eigenvalue weighted by Gasteiger charge is 2.17. The van der Waals surface area contributed by atoms with Crippen LogP contribution in [0.15, 0.2) is 58.3 Å². The molecule has 0 aliphatic rings. The van der Waals surface area contributed by atoms with Gasteiger partial charge in [0.1, 0.15) is 0 Å². The predicted molar refractivity (Wildman–Crippen MR) is 84.4 cm³/mol. The van der Waals surface area contributed by atoms with Crippen molar-refractivity contribution in [1.82, 2.24) is 0 Å². The second-order valence-electron chi connectivity index (χ2n) is 4.63. The average Bonchev–Trinajstić information content (AvgIpc) is 2.47. The molecule has 0 spiro atoms. The number of nitrogens with two attached hydrogens (primary N) is 1. The summed E-state index contributed by atoms with van der Waals surface area (Å²) < 4.78 is 49.5. The number of hydrogen-bond donors (Lipinski definition) is 2. The molecular weight excluding hydrogens is 324 g/mol. The average molecular weight is 340 g/mol. The van der Waals surface area contributed by atoms with Crippen molar-refractivity contribution in [2.45, 2.75) is 23.1 Å². The summed E-state index contributed by atoms with van der Waals surface area (Å²) in [6.07, 6.45) is 0.684. The molecule has 8 heteroatoms. The van der Waals surface area contributed by atoms with Crippen LogP contribution in [0.3, 0.4) is 0 Å². The van der Waals surface area contributed by atoms with Gasteiger partial charge in [-0.2, -0.15) is 0 Å². The largest absolute Gasteiger partial charge is 0.279 e. The van der Waals surface area contributed by atoms with E-state index in [0.717, 1.165) is 17.7 Å². The fourth-order valence-corrected chi connectivity index (χ4v) is 3.56. The van der Waals surface area contributed by atoms with E-state index in [-0.39, 0.29) is 9.79 Å². The zero-order chi connectivity index (χ0) is 16.4. The molecule has 2 aromatic rings. The van der Waals surface area contributed by atoms with Gasteiger partial charge < -0.3 is 0 Å². The molecule has 118 valence electrons. The van der Waals surface area contributed by atoms with Gasteiger partial charge in [0, 0.05) is 0 Å². The number of primary sulfonamides is 1. The van der Waals surface area contributed by atoms with Gasteiger partial charge in [0.05, 0.1) is 15.5 Å². The first-order chi connectivity index (χ1) is 10.2. The molecule has 0 heterocycles. The Kier molecular flexibility index (Phi) is 4.55. The molecule has 0 bridgehead atoms. The Morgan fingerprint density at radius 2 is 1.45 bits per heavy atom. The monoisotopic (exact) mass is 340 g/mol. The molecule has 0 atom stereocenters. The Balaban J connectivity index is 2.35. The number of benzene rings is 2. The van der Waals surface area contributed by atoms with Gasteiger partial charge in [0.15, 0.2) is 0 Å². The molecule has 0 saturated heterocycles. The van der Waals surface area contributed by atoms with Crippen LogP contribution in [-0.4, -0.2) is 16.8 Å². The van der Waals surface area contributed by atoms with E-state index >= 15 is 0 Å². The van der Waals surface area contributed by atoms with Crippen molar-refractivity contribution in [3.05, 3.63) is 54.1 Å². The highest BCUT2D eigenvalue weighted by Crippen LogP contribution is 2.21. The SMILES string of the molecule is CCc1ccccc1NS(=O)(=O)c1ccc(S(N)(=O)=O)cc1. The third-order valence-electron chi connectivity index (χ3n) is 3.11. The van der Waals surface area contributed by atoms with Crippen molar-refractivity contribution in [3.63, 3.8) is 0 Å². The Morgan fingerprint density at radius 1 is 0.909 bits per heavy atom. The van der Waals surface area contributed by atoms with Crippen molar-refractivity contribution in [1.29, 1.82) is 0 Å². The van der Waals surface area contributed by atoms with Crippen molar-refractivity contribution in [2.24, 2.45) is 5.14 Å². The normalized spacial score (nSPS) is 12.1. The number of para-hydroxylation sites is 1. The van der Waals surface area contributed by atoms with Crippen LogP contribution in [0.2, 0.25) is 0 Å². The Hall–Kier alpha value is -1.90. The minimum absolute atomic E-state index is 0.0363. The molecule has 2 rings (SSSR count). The maximum Gasteiger partial charge on any atom is 0.261 e. The first kappa shape index (κ1) is 16.5.